The Morgan fingerprint density at radius 3 is 2.47 bits per heavy atom. The summed E-state index contributed by atoms with van der Waals surface area (Å²) in [5.41, 5.74) is 4.85. The minimum Gasteiger partial charge on any atom is -0.512 e. The maximum atomic E-state index is 14.1. The summed E-state index contributed by atoms with van der Waals surface area (Å²) >= 11 is 0. The van der Waals surface area contributed by atoms with Gasteiger partial charge in [0.1, 0.15) is 35.5 Å². The first-order valence-corrected chi connectivity index (χ1v) is 17.8. The normalized spacial score (nSPS) is 45.9. The average molecular weight is 663 g/mol. The Balaban J connectivity index is 1.17. The fraction of sp³-hybridized carbons (Fsp3) is 0.829. The summed E-state index contributed by atoms with van der Waals surface area (Å²) in [7, 11) is 0. The lowest BCUT2D eigenvalue weighted by molar-refractivity contribution is -0.346. The number of aliphatic hydroxyl groups is 6. The number of aliphatic hydroxyl groups excluding tert-OH is 5. The van der Waals surface area contributed by atoms with Gasteiger partial charge in [-0.2, -0.15) is 0 Å². The fourth-order valence-corrected chi connectivity index (χ4v) is 9.59. The van der Waals surface area contributed by atoms with Crippen LogP contribution in [0, 0.1) is 41.4 Å². The summed E-state index contributed by atoms with van der Waals surface area (Å²) in [6.45, 7) is 0.272. The highest BCUT2D eigenvalue weighted by Crippen LogP contribution is 2.48. The van der Waals surface area contributed by atoms with Gasteiger partial charge in [0.15, 0.2) is 12.1 Å². The lowest BCUT2D eigenvalue weighted by Gasteiger charge is -2.50. The molecule has 9 N–H and O–H groups in total. The second kappa shape index (κ2) is 14.6. The zero-order valence-corrected chi connectivity index (χ0v) is 27.2. The van der Waals surface area contributed by atoms with E-state index in [2.05, 4.69) is 5.32 Å². The molecule has 14 atom stereocenters. The molecule has 3 saturated carbocycles. The number of piperidine rings is 1. The first-order chi connectivity index (χ1) is 22.5. The molecule has 12 nitrogen and oxygen atoms in total. The van der Waals surface area contributed by atoms with Crippen molar-refractivity contribution in [3.05, 3.63) is 23.5 Å². The molecule has 5 fully saturated rings. The second-order valence-corrected chi connectivity index (χ2v) is 15.2. The highest BCUT2D eigenvalue weighted by atomic mass is 16.7. The summed E-state index contributed by atoms with van der Waals surface area (Å²) in [5, 5.41) is 68.1. The van der Waals surface area contributed by atoms with Gasteiger partial charge in [-0.15, -0.1) is 0 Å². The van der Waals surface area contributed by atoms with Crippen LogP contribution in [0.5, 0.6) is 0 Å². The standard InChI is InChI=1S/C35H54N2O10/c36-27-15-18(8-10-37-27)7-9-35(45)32(43)26(17-39)47-34(33(35)44)46-25-6-2-5-22-29(25)31(42)28-23(30(22)41)13-21(14-24(28)40)12-19-3-1-4-20(11-19)16-38/h13-14,18-20,22-23,25-29,32-34,37-40,43-45H,1-12,15-17,36H2. The Hall–Kier alpha value is -1.74. The molecule has 0 spiro atoms. The number of hydrogen-bond donors (Lipinski definition) is 8. The molecular formula is C35H54N2O10. The van der Waals surface area contributed by atoms with Crippen molar-refractivity contribution < 1.29 is 49.7 Å². The minimum absolute atomic E-state index is 0.0270. The van der Waals surface area contributed by atoms with Gasteiger partial charge in [-0.25, -0.2) is 0 Å². The third-order valence-electron chi connectivity index (χ3n) is 12.2. The molecule has 0 aromatic carbocycles. The lowest BCUT2D eigenvalue weighted by atomic mass is 9.59. The predicted octanol–water partition coefficient (Wildman–Crippen LogP) is 0.978. The molecule has 6 rings (SSSR count). The molecule has 0 radical (unpaired) electrons. The number of allylic oxidation sites excluding steroid dienone is 4. The summed E-state index contributed by atoms with van der Waals surface area (Å²) in [6.07, 6.45) is 4.74. The molecular weight excluding hydrogens is 608 g/mol. The van der Waals surface area contributed by atoms with Crippen molar-refractivity contribution in [1.82, 2.24) is 5.32 Å². The van der Waals surface area contributed by atoms with Gasteiger partial charge in [-0.1, -0.05) is 25.3 Å². The molecule has 12 heteroatoms. The van der Waals surface area contributed by atoms with Crippen molar-refractivity contribution in [3.8, 4) is 0 Å². The third-order valence-corrected chi connectivity index (χ3v) is 12.2. The van der Waals surface area contributed by atoms with Crippen LogP contribution >= 0.6 is 0 Å². The Morgan fingerprint density at radius 1 is 0.957 bits per heavy atom. The van der Waals surface area contributed by atoms with E-state index >= 15 is 0 Å². The quantitative estimate of drug-likeness (QED) is 0.174. The number of nitrogens with one attached hydrogen (secondary N) is 1. The van der Waals surface area contributed by atoms with Gasteiger partial charge in [-0.05, 0) is 93.7 Å². The molecule has 0 amide bonds. The van der Waals surface area contributed by atoms with Gasteiger partial charge < -0.3 is 51.2 Å². The van der Waals surface area contributed by atoms with Gasteiger partial charge in [0.2, 0.25) is 0 Å². The summed E-state index contributed by atoms with van der Waals surface area (Å²) in [6, 6.07) is 0. The van der Waals surface area contributed by atoms with Crippen molar-refractivity contribution in [1.29, 1.82) is 0 Å². The van der Waals surface area contributed by atoms with Gasteiger partial charge in [-0.3, -0.25) is 9.59 Å². The Bertz CT molecular complexity index is 1210. The number of Topliss-reactive ketones (excluding diaryl/α,β-unsaturated/α-hetero) is 2. The molecule has 0 aromatic heterocycles. The first-order valence-electron chi connectivity index (χ1n) is 17.8. The molecule has 0 bridgehead atoms. The highest BCUT2D eigenvalue weighted by Gasteiger charge is 2.59. The van der Waals surface area contributed by atoms with Crippen LogP contribution in [0.15, 0.2) is 23.5 Å². The van der Waals surface area contributed by atoms with Gasteiger partial charge >= 0.3 is 0 Å². The topological polar surface area (TPSA) is 212 Å². The molecule has 6 aliphatic rings. The molecule has 264 valence electrons. The lowest BCUT2D eigenvalue weighted by Crippen LogP contribution is -2.68. The predicted molar refractivity (Wildman–Crippen MR) is 169 cm³/mol. The van der Waals surface area contributed by atoms with Crippen LogP contribution in [-0.4, -0.2) is 104 Å². The van der Waals surface area contributed by atoms with Crippen LogP contribution < -0.4 is 11.1 Å². The van der Waals surface area contributed by atoms with E-state index in [9.17, 15) is 40.2 Å². The van der Waals surface area contributed by atoms with E-state index in [0.29, 0.717) is 44.4 Å². The van der Waals surface area contributed by atoms with Crippen molar-refractivity contribution in [3.63, 3.8) is 0 Å². The van der Waals surface area contributed by atoms with E-state index in [4.69, 9.17) is 15.2 Å². The van der Waals surface area contributed by atoms with Crippen molar-refractivity contribution in [2.75, 3.05) is 19.8 Å². The number of ketones is 2. The molecule has 2 aliphatic heterocycles. The zero-order valence-electron chi connectivity index (χ0n) is 27.2. The number of ether oxygens (including phenoxy) is 2. The fourth-order valence-electron chi connectivity index (χ4n) is 9.59. The molecule has 4 aliphatic carbocycles. The summed E-state index contributed by atoms with van der Waals surface area (Å²) in [4.78, 5) is 28.1. The van der Waals surface area contributed by atoms with Crippen molar-refractivity contribution >= 4 is 11.6 Å². The molecule has 47 heavy (non-hydrogen) atoms. The van der Waals surface area contributed by atoms with E-state index in [1.165, 1.54) is 0 Å². The van der Waals surface area contributed by atoms with E-state index in [1.807, 2.05) is 6.08 Å². The minimum atomic E-state index is -2.04. The molecule has 2 heterocycles. The van der Waals surface area contributed by atoms with E-state index in [0.717, 1.165) is 44.2 Å². The molecule has 0 aromatic rings. The van der Waals surface area contributed by atoms with Gasteiger partial charge in [0.25, 0.3) is 0 Å². The number of carbonyl (C=O) groups excluding carboxylic acids is 2. The summed E-state index contributed by atoms with van der Waals surface area (Å²) in [5.74, 6) is -2.96. The van der Waals surface area contributed by atoms with Gasteiger partial charge in [0, 0.05) is 12.5 Å². The number of fused-ring (bicyclic) bond motifs is 2. The van der Waals surface area contributed by atoms with Crippen LogP contribution in [0.3, 0.4) is 0 Å². The Morgan fingerprint density at radius 2 is 1.72 bits per heavy atom. The molecule has 2 saturated heterocycles. The SMILES string of the molecule is NC1CC(CCC2(O)C(O)C(CO)OC(OC3CCCC4C(=O)C5C=C(CC6CCCC(CO)C6)C=C(O)C5C(=O)C34)C2O)CCN1. The number of nitrogens with two attached hydrogens (primary N) is 1. The van der Waals surface area contributed by atoms with Crippen molar-refractivity contribution in [2.45, 2.75) is 120 Å². The monoisotopic (exact) mass is 662 g/mol. The van der Waals surface area contributed by atoms with Crippen LogP contribution in [-0.2, 0) is 19.1 Å². The largest absolute Gasteiger partial charge is 0.512 e. The second-order valence-electron chi connectivity index (χ2n) is 15.2. The number of carbonyl (C=O) groups is 2. The van der Waals surface area contributed by atoms with Crippen LogP contribution in [0.25, 0.3) is 0 Å². The van der Waals surface area contributed by atoms with Gasteiger partial charge in [0.05, 0.1) is 36.6 Å². The smallest absolute Gasteiger partial charge is 0.187 e. The highest BCUT2D eigenvalue weighted by molar-refractivity contribution is 6.02. The Kier molecular flexibility index (Phi) is 10.9. The third kappa shape index (κ3) is 7.00. The van der Waals surface area contributed by atoms with Crippen LogP contribution in [0.4, 0.5) is 0 Å². The number of hydrogen-bond acceptors (Lipinski definition) is 12. The van der Waals surface area contributed by atoms with E-state index in [1.54, 1.807) is 6.08 Å². The van der Waals surface area contributed by atoms with Crippen LogP contribution in [0.1, 0.15) is 77.0 Å². The van der Waals surface area contributed by atoms with E-state index < -0.39 is 66.6 Å². The van der Waals surface area contributed by atoms with Crippen LogP contribution in [0.2, 0.25) is 0 Å². The zero-order chi connectivity index (χ0) is 33.5. The van der Waals surface area contributed by atoms with E-state index in [-0.39, 0.29) is 48.4 Å². The average Bonchev–Trinajstić information content (AvgIpc) is 3.06. The number of rotatable bonds is 9. The Labute approximate surface area is 276 Å². The first kappa shape index (κ1) is 35.1. The maximum Gasteiger partial charge on any atom is 0.187 e. The molecule has 14 unspecified atom stereocenters. The maximum absolute atomic E-state index is 14.1. The van der Waals surface area contributed by atoms with Crippen molar-refractivity contribution in [2.24, 2.45) is 47.2 Å². The summed E-state index contributed by atoms with van der Waals surface area (Å²) < 4.78 is 12.1.